The van der Waals surface area contributed by atoms with E-state index < -0.39 is 0 Å². The van der Waals surface area contributed by atoms with Gasteiger partial charge in [0, 0.05) is 33.4 Å². The maximum Gasteiger partial charge on any atom is 0.0546 e. The summed E-state index contributed by atoms with van der Waals surface area (Å²) in [6, 6.07) is 88.7. The Bertz CT molecular complexity index is 3560. The molecular weight excluding hydrogens is 749 g/mol. The second-order valence-corrected chi connectivity index (χ2v) is 16.1. The third-order valence-corrected chi connectivity index (χ3v) is 12.6. The number of rotatable bonds is 7. The number of hydrogen-bond acceptors (Lipinski definition) is 1. The molecule has 0 N–H and O–H groups in total. The van der Waals surface area contributed by atoms with E-state index in [1.54, 1.807) is 0 Å². The molecule has 0 amide bonds. The number of para-hydroxylation sites is 2. The molecule has 0 atom stereocenters. The van der Waals surface area contributed by atoms with Crippen molar-refractivity contribution < 1.29 is 0 Å². The van der Waals surface area contributed by atoms with Crippen LogP contribution in [0.2, 0.25) is 0 Å². The zero-order valence-corrected chi connectivity index (χ0v) is 34.0. The molecule has 0 saturated carbocycles. The Kier molecular flexibility index (Phi) is 8.53. The van der Waals surface area contributed by atoms with Gasteiger partial charge in [-0.15, -0.1) is 0 Å². The first-order chi connectivity index (χ1) is 30.8. The van der Waals surface area contributed by atoms with Crippen LogP contribution < -0.4 is 4.90 Å². The van der Waals surface area contributed by atoms with Crippen molar-refractivity contribution in [1.29, 1.82) is 0 Å². The zero-order valence-electron chi connectivity index (χ0n) is 34.0. The van der Waals surface area contributed by atoms with Gasteiger partial charge in [0.1, 0.15) is 0 Å². The van der Waals surface area contributed by atoms with E-state index in [9.17, 15) is 0 Å². The Morgan fingerprint density at radius 2 is 0.823 bits per heavy atom. The van der Waals surface area contributed by atoms with E-state index in [0.29, 0.717) is 0 Å². The van der Waals surface area contributed by atoms with Gasteiger partial charge >= 0.3 is 0 Å². The maximum absolute atomic E-state index is 2.45. The summed E-state index contributed by atoms with van der Waals surface area (Å²) in [7, 11) is 0. The summed E-state index contributed by atoms with van der Waals surface area (Å²) < 4.78 is 2.39. The monoisotopic (exact) mass is 788 g/mol. The smallest absolute Gasteiger partial charge is 0.0546 e. The second kappa shape index (κ2) is 14.8. The fraction of sp³-hybridized carbons (Fsp3) is 0. The highest BCUT2D eigenvalue weighted by Gasteiger charge is 2.23. The minimum atomic E-state index is 1.07. The molecule has 62 heavy (non-hydrogen) atoms. The zero-order chi connectivity index (χ0) is 41.0. The van der Waals surface area contributed by atoms with Crippen molar-refractivity contribution >= 4 is 71.2 Å². The molecule has 12 rings (SSSR count). The Morgan fingerprint density at radius 3 is 1.53 bits per heavy atom. The van der Waals surface area contributed by atoms with E-state index in [1.807, 2.05) is 0 Å². The molecule has 1 heterocycles. The van der Waals surface area contributed by atoms with Crippen LogP contribution in [0.1, 0.15) is 0 Å². The van der Waals surface area contributed by atoms with Crippen LogP contribution in [-0.2, 0) is 0 Å². The fourth-order valence-electron chi connectivity index (χ4n) is 9.69. The number of anilines is 3. The average molecular weight is 789 g/mol. The molecule has 2 nitrogen and oxygen atoms in total. The molecule has 0 saturated heterocycles. The Balaban J connectivity index is 1.12. The summed E-state index contributed by atoms with van der Waals surface area (Å²) in [5, 5.41) is 9.92. The SMILES string of the molecule is c1ccc(-c2ccc(N(c3ccc(-n4c5ccccc5c5ccccc54)cc3)c3cccc(-c4cc5ccccc5c5ccccc45)c3-c3ccc4ccccc4c3)cc2)cc1. The lowest BCUT2D eigenvalue weighted by molar-refractivity contribution is 1.17. The molecular formula is C60H40N2. The summed E-state index contributed by atoms with van der Waals surface area (Å²) in [5.74, 6) is 0. The van der Waals surface area contributed by atoms with Crippen LogP contribution in [0.4, 0.5) is 17.1 Å². The van der Waals surface area contributed by atoms with E-state index in [-0.39, 0.29) is 0 Å². The van der Waals surface area contributed by atoms with E-state index in [2.05, 4.69) is 252 Å². The van der Waals surface area contributed by atoms with Gasteiger partial charge in [0.15, 0.2) is 0 Å². The summed E-state index contributed by atoms with van der Waals surface area (Å²) >= 11 is 0. The van der Waals surface area contributed by atoms with Crippen molar-refractivity contribution in [3.8, 4) is 39.1 Å². The first-order valence-corrected chi connectivity index (χ1v) is 21.3. The molecule has 290 valence electrons. The van der Waals surface area contributed by atoms with Gasteiger partial charge in [0.2, 0.25) is 0 Å². The minimum absolute atomic E-state index is 1.07. The molecule has 12 aromatic rings. The fourth-order valence-corrected chi connectivity index (χ4v) is 9.69. The quantitative estimate of drug-likeness (QED) is 0.146. The number of hydrogen-bond donors (Lipinski definition) is 0. The molecule has 0 bridgehead atoms. The highest BCUT2D eigenvalue weighted by atomic mass is 15.1. The largest absolute Gasteiger partial charge is 0.310 e. The Hall–Kier alpha value is -8.20. The summed E-state index contributed by atoms with van der Waals surface area (Å²) in [5.41, 5.74) is 13.9. The molecule has 0 aliphatic rings. The van der Waals surface area contributed by atoms with Gasteiger partial charge in [-0.1, -0.05) is 176 Å². The third kappa shape index (κ3) is 5.96. The average Bonchev–Trinajstić information content (AvgIpc) is 3.69. The third-order valence-electron chi connectivity index (χ3n) is 12.6. The number of benzene rings is 11. The van der Waals surface area contributed by atoms with Gasteiger partial charge in [-0.2, -0.15) is 0 Å². The minimum Gasteiger partial charge on any atom is -0.310 e. The van der Waals surface area contributed by atoms with Crippen LogP contribution in [0, 0.1) is 0 Å². The molecule has 0 radical (unpaired) electrons. The Morgan fingerprint density at radius 1 is 0.290 bits per heavy atom. The predicted molar refractivity (Wildman–Crippen MR) is 264 cm³/mol. The van der Waals surface area contributed by atoms with E-state index in [0.717, 1.165) is 22.7 Å². The van der Waals surface area contributed by atoms with Crippen LogP contribution in [0.15, 0.2) is 243 Å². The highest BCUT2D eigenvalue weighted by molar-refractivity contribution is 6.16. The predicted octanol–water partition coefficient (Wildman–Crippen LogP) is 16.7. The second-order valence-electron chi connectivity index (χ2n) is 16.1. The Labute approximate surface area is 360 Å². The van der Waals surface area contributed by atoms with Crippen molar-refractivity contribution in [3.05, 3.63) is 243 Å². The summed E-state index contributed by atoms with van der Waals surface area (Å²) in [6.07, 6.45) is 0. The molecule has 1 aromatic heterocycles. The topological polar surface area (TPSA) is 8.17 Å². The molecule has 2 heteroatoms. The van der Waals surface area contributed by atoms with Crippen molar-refractivity contribution in [2.24, 2.45) is 0 Å². The van der Waals surface area contributed by atoms with Crippen LogP contribution in [-0.4, -0.2) is 4.57 Å². The summed E-state index contributed by atoms with van der Waals surface area (Å²) in [4.78, 5) is 2.45. The van der Waals surface area contributed by atoms with E-state index in [1.165, 1.54) is 87.5 Å². The standard InChI is InChI=1S/C60H40N2/c1-2-15-41(16-3-1)43-31-33-47(34-32-43)61(48-35-37-49(38-36-48)62-57-26-12-10-23-53(57)54-24-11-13-27-58(54)62)59-28-14-25-55(60(59)46-30-29-42-17-4-5-18-44(42)39-46)56-40-45-19-6-7-20-50(45)51-21-8-9-22-52(51)56/h1-40H. The van der Waals surface area contributed by atoms with Crippen molar-refractivity contribution in [1.82, 2.24) is 4.57 Å². The first-order valence-electron chi connectivity index (χ1n) is 21.3. The number of nitrogens with zero attached hydrogens (tertiary/aromatic N) is 2. The number of aromatic nitrogens is 1. The van der Waals surface area contributed by atoms with Gasteiger partial charge in [0.05, 0.1) is 16.7 Å². The molecule has 11 aromatic carbocycles. The lowest BCUT2D eigenvalue weighted by atomic mass is 9.87. The molecule has 0 aliphatic carbocycles. The maximum atomic E-state index is 2.45. The molecule has 0 fully saturated rings. The van der Waals surface area contributed by atoms with Gasteiger partial charge in [0.25, 0.3) is 0 Å². The molecule has 0 aliphatic heterocycles. The molecule has 0 unspecified atom stereocenters. The lowest BCUT2D eigenvalue weighted by Crippen LogP contribution is -2.12. The van der Waals surface area contributed by atoms with E-state index >= 15 is 0 Å². The van der Waals surface area contributed by atoms with Crippen LogP contribution in [0.3, 0.4) is 0 Å². The van der Waals surface area contributed by atoms with Crippen LogP contribution in [0.25, 0.3) is 93.2 Å². The van der Waals surface area contributed by atoms with Gasteiger partial charge in [-0.3, -0.25) is 0 Å². The van der Waals surface area contributed by atoms with E-state index in [4.69, 9.17) is 0 Å². The van der Waals surface area contributed by atoms with Crippen LogP contribution >= 0.6 is 0 Å². The number of fused-ring (bicyclic) bond motifs is 7. The van der Waals surface area contributed by atoms with Gasteiger partial charge in [-0.05, 0) is 127 Å². The first kappa shape index (κ1) is 35.7. The van der Waals surface area contributed by atoms with Crippen molar-refractivity contribution in [2.45, 2.75) is 0 Å². The van der Waals surface area contributed by atoms with Crippen LogP contribution in [0.5, 0.6) is 0 Å². The molecule has 0 spiro atoms. The van der Waals surface area contributed by atoms with Gasteiger partial charge in [-0.25, -0.2) is 0 Å². The van der Waals surface area contributed by atoms with Crippen molar-refractivity contribution in [2.75, 3.05) is 4.90 Å². The summed E-state index contributed by atoms with van der Waals surface area (Å²) in [6.45, 7) is 0. The lowest BCUT2D eigenvalue weighted by Gasteiger charge is -2.30. The normalized spacial score (nSPS) is 11.5. The highest BCUT2D eigenvalue weighted by Crippen LogP contribution is 2.48. The van der Waals surface area contributed by atoms with Crippen molar-refractivity contribution in [3.63, 3.8) is 0 Å². The van der Waals surface area contributed by atoms with Gasteiger partial charge < -0.3 is 9.47 Å².